The normalized spacial score (nSPS) is 13.2. The Kier molecular flexibility index (Phi) is 13.0. The predicted molar refractivity (Wildman–Crippen MR) is 232 cm³/mol. The fourth-order valence-electron chi connectivity index (χ4n) is 7.60. The summed E-state index contributed by atoms with van der Waals surface area (Å²) in [4.78, 5) is 17.8. The molecule has 1 aromatic heterocycles. The Balaban J connectivity index is 1.14. The number of hydrogen-bond donors (Lipinski definition) is 0. The van der Waals surface area contributed by atoms with Crippen LogP contribution in [-0.4, -0.2) is 48.8 Å². The molecule has 1 fully saturated rings. The molecular formula is C47H47N5O5S2. The molecule has 0 bridgehead atoms. The topological polar surface area (TPSA) is 126 Å². The zero-order valence-electron chi connectivity index (χ0n) is 33.5. The Morgan fingerprint density at radius 3 is 2.39 bits per heavy atom. The molecule has 5 aromatic carbocycles. The number of carbonyl (C=O) groups excluding carboxylic acids is 1. The fourth-order valence-corrected chi connectivity index (χ4v) is 9.76. The summed E-state index contributed by atoms with van der Waals surface area (Å²) in [7, 11) is -2.62. The van der Waals surface area contributed by atoms with Gasteiger partial charge in [0.1, 0.15) is 29.6 Å². The van der Waals surface area contributed by atoms with E-state index >= 15 is 0 Å². The molecule has 0 aliphatic carbocycles. The molecule has 0 atom stereocenters. The molecule has 12 heteroatoms. The first-order valence-corrected chi connectivity index (χ1v) is 22.0. The van der Waals surface area contributed by atoms with E-state index in [-0.39, 0.29) is 33.8 Å². The minimum absolute atomic E-state index is 0.00523. The molecule has 10 nitrogen and oxygen atoms in total. The number of ether oxygens (including phenoxy) is 2. The average molecular weight is 826 g/mol. The van der Waals surface area contributed by atoms with Gasteiger partial charge in [-0.3, -0.25) is 4.79 Å². The van der Waals surface area contributed by atoms with Gasteiger partial charge in [-0.05, 0) is 114 Å². The quantitative estimate of drug-likeness (QED) is 0.0937. The molecule has 302 valence electrons. The number of benzene rings is 5. The van der Waals surface area contributed by atoms with E-state index in [0.717, 1.165) is 90.1 Å². The lowest BCUT2D eigenvalue weighted by Crippen LogP contribution is -2.36. The molecule has 2 heterocycles. The SMILES string of the molecule is COc1ccc(CN(c2ncns2)S(=O)(=O)c2ccc(Oc3ccc(-c4ccccc4)cc3-c3cccc(CCCCC4CCN(C(C)=O)CC4)c3)c(C#N)c2)c(C)c1. The smallest absolute Gasteiger partial charge is 0.266 e. The fraction of sp³-hybridized carbons (Fsp3) is 0.277. The highest BCUT2D eigenvalue weighted by Crippen LogP contribution is 2.39. The van der Waals surface area contributed by atoms with Crippen LogP contribution >= 0.6 is 11.5 Å². The first-order chi connectivity index (χ1) is 28.6. The molecule has 1 amide bonds. The molecular weight excluding hydrogens is 779 g/mol. The average Bonchev–Trinajstić information content (AvgIpc) is 3.80. The number of anilines is 1. The Labute approximate surface area is 350 Å². The van der Waals surface area contributed by atoms with Gasteiger partial charge in [-0.25, -0.2) is 17.7 Å². The number of aryl methyl sites for hydroxylation is 2. The zero-order chi connectivity index (χ0) is 41.4. The van der Waals surface area contributed by atoms with Crippen molar-refractivity contribution in [1.82, 2.24) is 14.3 Å². The van der Waals surface area contributed by atoms with Crippen molar-refractivity contribution in [2.45, 2.75) is 63.8 Å². The summed E-state index contributed by atoms with van der Waals surface area (Å²) in [5.41, 5.74) is 6.82. The number of nitriles is 1. The number of hydrogen-bond acceptors (Lipinski definition) is 9. The van der Waals surface area contributed by atoms with Crippen molar-refractivity contribution in [2.75, 3.05) is 24.5 Å². The Bertz CT molecular complexity index is 2550. The standard InChI is InChI=1S/C47H47N5O5S2/c1-33-26-42(56-3)18-16-40(33)31-52(47-49-32-50-58-47)59(54,55)43-19-21-45(41(28-43)30-48)57-46-20-17-38(37-13-5-4-6-14-37)29-44(46)39-15-9-12-36(27-39)11-8-7-10-35-22-24-51(25-23-35)34(2)53/h4-6,9,12-21,26-29,32,35H,7-8,10-11,22-25,31H2,1-3H3. The molecule has 0 N–H and O–H groups in total. The number of rotatable bonds is 15. The van der Waals surface area contributed by atoms with Crippen LogP contribution in [0.4, 0.5) is 5.13 Å². The Morgan fingerprint density at radius 2 is 1.68 bits per heavy atom. The van der Waals surface area contributed by atoms with E-state index < -0.39 is 10.0 Å². The largest absolute Gasteiger partial charge is 0.497 e. The van der Waals surface area contributed by atoms with Crippen molar-refractivity contribution < 1.29 is 22.7 Å². The van der Waals surface area contributed by atoms with Crippen LogP contribution in [0.15, 0.2) is 120 Å². The maximum absolute atomic E-state index is 14.3. The number of unbranched alkanes of at least 4 members (excludes halogenated alkanes) is 1. The Hall–Kier alpha value is -6.03. The first-order valence-electron chi connectivity index (χ1n) is 19.8. The van der Waals surface area contributed by atoms with Gasteiger partial charge in [0.15, 0.2) is 0 Å². The third kappa shape index (κ3) is 9.82. The van der Waals surface area contributed by atoms with Crippen molar-refractivity contribution >= 4 is 32.6 Å². The molecule has 7 rings (SSSR count). The van der Waals surface area contributed by atoms with E-state index in [1.54, 1.807) is 20.1 Å². The monoisotopic (exact) mass is 825 g/mol. The number of aromatic nitrogens is 2. The van der Waals surface area contributed by atoms with Gasteiger partial charge < -0.3 is 14.4 Å². The molecule has 0 spiro atoms. The number of sulfonamides is 1. The van der Waals surface area contributed by atoms with Crippen LogP contribution in [0.2, 0.25) is 0 Å². The van der Waals surface area contributed by atoms with Gasteiger partial charge in [0.25, 0.3) is 10.0 Å². The van der Waals surface area contributed by atoms with Gasteiger partial charge in [0.2, 0.25) is 11.0 Å². The highest BCUT2D eigenvalue weighted by molar-refractivity contribution is 7.93. The van der Waals surface area contributed by atoms with Crippen LogP contribution in [0.5, 0.6) is 17.2 Å². The number of nitrogens with zero attached hydrogens (tertiary/aromatic N) is 5. The van der Waals surface area contributed by atoms with Crippen LogP contribution in [0, 0.1) is 24.2 Å². The second kappa shape index (κ2) is 18.7. The summed E-state index contributed by atoms with van der Waals surface area (Å²) in [6.07, 6.45) is 7.79. The maximum atomic E-state index is 14.3. The summed E-state index contributed by atoms with van der Waals surface area (Å²) in [6, 6.07) is 36.6. The number of amides is 1. The van der Waals surface area contributed by atoms with E-state index in [1.165, 1.54) is 40.8 Å². The van der Waals surface area contributed by atoms with Crippen LogP contribution in [-0.2, 0) is 27.8 Å². The van der Waals surface area contributed by atoms with Gasteiger partial charge in [-0.1, -0.05) is 79.6 Å². The molecule has 0 unspecified atom stereocenters. The van der Waals surface area contributed by atoms with Crippen LogP contribution < -0.4 is 13.8 Å². The van der Waals surface area contributed by atoms with Gasteiger partial charge in [0, 0.05) is 37.1 Å². The second-order valence-electron chi connectivity index (χ2n) is 14.9. The van der Waals surface area contributed by atoms with Crippen molar-refractivity contribution in [2.24, 2.45) is 5.92 Å². The first kappa shape index (κ1) is 41.1. The summed E-state index contributed by atoms with van der Waals surface area (Å²) >= 11 is 0.972. The number of likely N-dealkylation sites (tertiary alicyclic amines) is 1. The maximum Gasteiger partial charge on any atom is 0.266 e. The molecule has 1 aliphatic heterocycles. The van der Waals surface area contributed by atoms with Crippen LogP contribution in [0.25, 0.3) is 22.3 Å². The summed E-state index contributed by atoms with van der Waals surface area (Å²) in [5, 5.41) is 10.6. The highest BCUT2D eigenvalue weighted by Gasteiger charge is 2.29. The number of piperidine rings is 1. The summed E-state index contributed by atoms with van der Waals surface area (Å²) in [6.45, 7) is 5.28. The predicted octanol–water partition coefficient (Wildman–Crippen LogP) is 10.2. The van der Waals surface area contributed by atoms with Crippen molar-refractivity contribution in [3.63, 3.8) is 0 Å². The molecule has 6 aromatic rings. The Morgan fingerprint density at radius 1 is 0.898 bits per heavy atom. The summed E-state index contributed by atoms with van der Waals surface area (Å²) < 4.78 is 45.8. The third-order valence-corrected chi connectivity index (χ3v) is 13.6. The van der Waals surface area contributed by atoms with Gasteiger partial charge in [-0.15, -0.1) is 0 Å². The van der Waals surface area contributed by atoms with Crippen LogP contribution in [0.3, 0.4) is 0 Å². The van der Waals surface area contributed by atoms with E-state index in [9.17, 15) is 18.5 Å². The van der Waals surface area contributed by atoms with E-state index in [1.807, 2.05) is 54.3 Å². The number of carbonyl (C=O) groups is 1. The van der Waals surface area contributed by atoms with E-state index in [4.69, 9.17) is 9.47 Å². The highest BCUT2D eigenvalue weighted by atomic mass is 32.2. The lowest BCUT2D eigenvalue weighted by Gasteiger charge is -2.31. The molecule has 1 aliphatic rings. The van der Waals surface area contributed by atoms with Gasteiger partial charge >= 0.3 is 0 Å². The third-order valence-electron chi connectivity index (χ3n) is 11.0. The molecule has 0 saturated carbocycles. The van der Waals surface area contributed by atoms with Crippen LogP contribution in [0.1, 0.15) is 61.3 Å². The minimum Gasteiger partial charge on any atom is -0.497 e. The van der Waals surface area contributed by atoms with E-state index in [2.05, 4.69) is 57.9 Å². The minimum atomic E-state index is -4.20. The molecule has 0 radical (unpaired) electrons. The lowest BCUT2D eigenvalue weighted by atomic mass is 9.90. The van der Waals surface area contributed by atoms with E-state index in [0.29, 0.717) is 17.4 Å². The zero-order valence-corrected chi connectivity index (χ0v) is 35.1. The van der Waals surface area contributed by atoms with Crippen molar-refractivity contribution in [3.8, 4) is 45.6 Å². The lowest BCUT2D eigenvalue weighted by molar-refractivity contribution is -0.130. The number of methoxy groups -OCH3 is 1. The molecule has 1 saturated heterocycles. The van der Waals surface area contributed by atoms with Crippen molar-refractivity contribution in [3.05, 3.63) is 138 Å². The van der Waals surface area contributed by atoms with Gasteiger partial charge in [0.05, 0.1) is 24.1 Å². The van der Waals surface area contributed by atoms with Crippen molar-refractivity contribution in [1.29, 1.82) is 5.26 Å². The second-order valence-corrected chi connectivity index (χ2v) is 17.5. The van der Waals surface area contributed by atoms with Gasteiger partial charge in [-0.2, -0.15) is 9.64 Å². The summed E-state index contributed by atoms with van der Waals surface area (Å²) in [5.74, 6) is 2.28. The molecule has 59 heavy (non-hydrogen) atoms.